The lowest BCUT2D eigenvalue weighted by atomic mass is 9.97. The summed E-state index contributed by atoms with van der Waals surface area (Å²) in [7, 11) is 0. The predicted molar refractivity (Wildman–Crippen MR) is 102 cm³/mol. The monoisotopic (exact) mass is 363 g/mol. The standard InChI is InChI=1S/C20H29NO3S/c1-5-24-20(23)17-10-12-21(13-11-17)19(22)15(4)25-18-8-6-16(7-9-18)14(2)3/h6-9,14-15,17H,5,10-13H2,1-4H3. The van der Waals surface area contributed by atoms with Crippen LogP contribution in [0.5, 0.6) is 0 Å². The second-order valence-corrected chi connectivity index (χ2v) is 8.25. The molecule has 1 aromatic rings. The molecule has 0 aromatic heterocycles. The highest BCUT2D eigenvalue weighted by atomic mass is 32.2. The van der Waals surface area contributed by atoms with Crippen molar-refractivity contribution >= 4 is 23.6 Å². The van der Waals surface area contributed by atoms with Gasteiger partial charge in [-0.15, -0.1) is 11.8 Å². The first kappa shape index (κ1) is 19.8. The number of ether oxygens (including phenoxy) is 1. The lowest BCUT2D eigenvalue weighted by molar-refractivity contribution is -0.151. The number of carbonyl (C=O) groups is 2. The Morgan fingerprint density at radius 2 is 1.76 bits per heavy atom. The first-order valence-corrected chi connectivity index (χ1v) is 10.0. The van der Waals surface area contributed by atoms with Crippen molar-refractivity contribution < 1.29 is 14.3 Å². The van der Waals surface area contributed by atoms with Gasteiger partial charge in [-0.25, -0.2) is 0 Å². The molecule has 25 heavy (non-hydrogen) atoms. The van der Waals surface area contributed by atoms with Crippen LogP contribution in [0.2, 0.25) is 0 Å². The van der Waals surface area contributed by atoms with Gasteiger partial charge in [0.1, 0.15) is 0 Å². The molecule has 0 N–H and O–H groups in total. The molecule has 1 atom stereocenters. The third kappa shape index (κ3) is 5.50. The molecule has 1 saturated heterocycles. The number of hydrogen-bond acceptors (Lipinski definition) is 4. The Balaban J connectivity index is 1.85. The van der Waals surface area contributed by atoms with Crippen LogP contribution in [0, 0.1) is 5.92 Å². The van der Waals surface area contributed by atoms with E-state index in [1.165, 1.54) is 5.56 Å². The molecule has 5 heteroatoms. The van der Waals surface area contributed by atoms with E-state index in [0.717, 1.165) is 4.90 Å². The highest BCUT2D eigenvalue weighted by Gasteiger charge is 2.30. The molecule has 0 spiro atoms. The number of esters is 1. The number of piperidine rings is 1. The molecule has 2 rings (SSSR count). The number of amides is 1. The summed E-state index contributed by atoms with van der Waals surface area (Å²) in [5.41, 5.74) is 1.31. The van der Waals surface area contributed by atoms with Crippen LogP contribution in [0.25, 0.3) is 0 Å². The number of benzene rings is 1. The van der Waals surface area contributed by atoms with Crippen molar-refractivity contribution in [2.45, 2.75) is 56.6 Å². The van der Waals surface area contributed by atoms with Crippen molar-refractivity contribution in [3.63, 3.8) is 0 Å². The van der Waals surface area contributed by atoms with Crippen molar-refractivity contribution in [1.82, 2.24) is 4.90 Å². The van der Waals surface area contributed by atoms with Crippen molar-refractivity contribution in [2.75, 3.05) is 19.7 Å². The van der Waals surface area contributed by atoms with Crippen LogP contribution in [0.4, 0.5) is 0 Å². The third-order valence-electron chi connectivity index (χ3n) is 4.63. The van der Waals surface area contributed by atoms with Crippen LogP contribution in [-0.4, -0.2) is 41.7 Å². The minimum absolute atomic E-state index is 0.0597. The molecular weight excluding hydrogens is 334 g/mol. The normalized spacial score (nSPS) is 16.8. The minimum Gasteiger partial charge on any atom is -0.466 e. The van der Waals surface area contributed by atoms with E-state index in [4.69, 9.17) is 4.74 Å². The number of likely N-dealkylation sites (tertiary alicyclic amines) is 1. The first-order chi connectivity index (χ1) is 11.9. The third-order valence-corrected chi connectivity index (χ3v) is 5.73. The Kier molecular flexibility index (Phi) is 7.36. The highest BCUT2D eigenvalue weighted by Crippen LogP contribution is 2.28. The number of carbonyl (C=O) groups excluding carboxylic acids is 2. The Morgan fingerprint density at radius 3 is 2.28 bits per heavy atom. The van der Waals surface area contributed by atoms with Gasteiger partial charge >= 0.3 is 5.97 Å². The maximum atomic E-state index is 12.7. The van der Waals surface area contributed by atoms with Gasteiger partial charge in [0, 0.05) is 18.0 Å². The Bertz CT molecular complexity index is 577. The lowest BCUT2D eigenvalue weighted by Gasteiger charge is -2.32. The van der Waals surface area contributed by atoms with Crippen LogP contribution in [0.15, 0.2) is 29.2 Å². The first-order valence-electron chi connectivity index (χ1n) is 9.14. The van der Waals surface area contributed by atoms with Gasteiger partial charge in [0.15, 0.2) is 0 Å². The second-order valence-electron chi connectivity index (χ2n) is 6.84. The second kappa shape index (κ2) is 9.27. The summed E-state index contributed by atoms with van der Waals surface area (Å²) in [5, 5.41) is -0.121. The van der Waals surface area contributed by atoms with Gasteiger partial charge in [-0.05, 0) is 50.3 Å². The molecule has 1 aliphatic heterocycles. The number of nitrogens with zero attached hydrogens (tertiary/aromatic N) is 1. The predicted octanol–water partition coefficient (Wildman–Crippen LogP) is 4.09. The van der Waals surface area contributed by atoms with E-state index in [1.807, 2.05) is 18.7 Å². The van der Waals surface area contributed by atoms with Crippen molar-refractivity contribution in [1.29, 1.82) is 0 Å². The van der Waals surface area contributed by atoms with Crippen molar-refractivity contribution in [2.24, 2.45) is 5.92 Å². The molecule has 1 aromatic carbocycles. The van der Waals surface area contributed by atoms with Gasteiger partial charge < -0.3 is 9.64 Å². The fraction of sp³-hybridized carbons (Fsp3) is 0.600. The maximum Gasteiger partial charge on any atom is 0.309 e. The number of thioether (sulfide) groups is 1. The van der Waals surface area contributed by atoms with Crippen LogP contribution >= 0.6 is 11.8 Å². The summed E-state index contributed by atoms with van der Waals surface area (Å²) < 4.78 is 5.08. The lowest BCUT2D eigenvalue weighted by Crippen LogP contribution is -2.43. The van der Waals surface area contributed by atoms with Crippen LogP contribution < -0.4 is 0 Å². The summed E-state index contributed by atoms with van der Waals surface area (Å²) in [6, 6.07) is 8.46. The highest BCUT2D eigenvalue weighted by molar-refractivity contribution is 8.00. The molecule has 138 valence electrons. The average Bonchev–Trinajstić information content (AvgIpc) is 2.61. The van der Waals surface area contributed by atoms with Crippen molar-refractivity contribution in [3.8, 4) is 0 Å². The fourth-order valence-corrected chi connectivity index (χ4v) is 3.99. The Hall–Kier alpha value is -1.49. The topological polar surface area (TPSA) is 46.6 Å². The summed E-state index contributed by atoms with van der Waals surface area (Å²) in [5.74, 6) is 0.483. The van der Waals surface area contributed by atoms with Gasteiger partial charge in [-0.2, -0.15) is 0 Å². The molecule has 0 radical (unpaired) electrons. The fourth-order valence-electron chi connectivity index (χ4n) is 3.04. The van der Waals surface area contributed by atoms with Gasteiger partial charge in [0.25, 0.3) is 0 Å². The molecule has 0 aliphatic carbocycles. The quantitative estimate of drug-likeness (QED) is 0.564. The van der Waals surface area contributed by atoms with E-state index < -0.39 is 0 Å². The molecule has 1 aliphatic rings. The van der Waals surface area contributed by atoms with Gasteiger partial charge in [-0.1, -0.05) is 26.0 Å². The summed E-state index contributed by atoms with van der Waals surface area (Å²) >= 11 is 1.60. The number of hydrogen-bond donors (Lipinski definition) is 0. The van der Waals surface area contributed by atoms with Gasteiger partial charge in [0.05, 0.1) is 17.8 Å². The maximum absolute atomic E-state index is 12.7. The SMILES string of the molecule is CCOC(=O)C1CCN(C(=O)C(C)Sc2ccc(C(C)C)cc2)CC1. The zero-order valence-corrected chi connectivity index (χ0v) is 16.5. The van der Waals surface area contributed by atoms with E-state index in [0.29, 0.717) is 38.5 Å². The molecule has 1 unspecified atom stereocenters. The smallest absolute Gasteiger partial charge is 0.309 e. The van der Waals surface area contributed by atoms with E-state index >= 15 is 0 Å². The summed E-state index contributed by atoms with van der Waals surface area (Å²) in [6.07, 6.45) is 1.40. The molecule has 0 saturated carbocycles. The molecule has 1 amide bonds. The van der Waals surface area contributed by atoms with Crippen molar-refractivity contribution in [3.05, 3.63) is 29.8 Å². The van der Waals surface area contributed by atoms with Gasteiger partial charge in [-0.3, -0.25) is 9.59 Å². The molecule has 4 nitrogen and oxygen atoms in total. The van der Waals surface area contributed by atoms with Crippen LogP contribution in [0.3, 0.4) is 0 Å². The van der Waals surface area contributed by atoms with E-state index in [2.05, 4.69) is 38.1 Å². The zero-order chi connectivity index (χ0) is 18.4. The van der Waals surface area contributed by atoms with E-state index in [1.54, 1.807) is 11.8 Å². The average molecular weight is 364 g/mol. The van der Waals surface area contributed by atoms with Gasteiger partial charge in [0.2, 0.25) is 5.91 Å². The molecule has 1 fully saturated rings. The zero-order valence-electron chi connectivity index (χ0n) is 15.7. The van der Waals surface area contributed by atoms with E-state index in [9.17, 15) is 9.59 Å². The molecule has 1 heterocycles. The van der Waals surface area contributed by atoms with Crippen LogP contribution in [-0.2, 0) is 14.3 Å². The Labute approximate surface area is 155 Å². The summed E-state index contributed by atoms with van der Waals surface area (Å²) in [4.78, 5) is 27.5. The summed E-state index contributed by atoms with van der Waals surface area (Å²) in [6.45, 7) is 9.83. The van der Waals surface area contributed by atoms with E-state index in [-0.39, 0.29) is 23.0 Å². The largest absolute Gasteiger partial charge is 0.466 e. The number of rotatable bonds is 6. The minimum atomic E-state index is -0.123. The van der Waals surface area contributed by atoms with Crippen LogP contribution in [0.1, 0.15) is 52.0 Å². The molecular formula is C20H29NO3S. The molecule has 0 bridgehead atoms. The Morgan fingerprint density at radius 1 is 1.16 bits per heavy atom.